The highest BCUT2D eigenvalue weighted by atomic mass is 16.2. The standard InChI is InChI=1S/C15H19N3O/c1-10(15(19)18-13-5-6-13)17-9-12-4-2-3-11-7-8-16-14(11)12/h2-4,7-8,10,13,16-17H,5-6,9H2,1H3,(H,18,19). The molecule has 1 aliphatic carbocycles. The molecule has 2 aromatic rings. The van der Waals surface area contributed by atoms with Crippen molar-refractivity contribution in [1.82, 2.24) is 15.6 Å². The highest BCUT2D eigenvalue weighted by Gasteiger charge is 2.25. The van der Waals surface area contributed by atoms with Crippen LogP contribution in [0.2, 0.25) is 0 Å². The highest BCUT2D eigenvalue weighted by Crippen LogP contribution is 2.19. The molecule has 0 aliphatic heterocycles. The number of rotatable bonds is 5. The third-order valence-corrected chi connectivity index (χ3v) is 3.59. The Bertz CT molecular complexity index is 586. The van der Waals surface area contributed by atoms with Crippen LogP contribution in [-0.4, -0.2) is 23.0 Å². The van der Waals surface area contributed by atoms with Crippen molar-refractivity contribution >= 4 is 16.8 Å². The van der Waals surface area contributed by atoms with Crippen LogP contribution in [0.3, 0.4) is 0 Å². The minimum absolute atomic E-state index is 0.0983. The number of aromatic amines is 1. The summed E-state index contributed by atoms with van der Waals surface area (Å²) in [6, 6.07) is 8.52. The lowest BCUT2D eigenvalue weighted by atomic mass is 10.1. The molecule has 0 radical (unpaired) electrons. The number of carbonyl (C=O) groups is 1. The van der Waals surface area contributed by atoms with Gasteiger partial charge in [-0.25, -0.2) is 0 Å². The highest BCUT2D eigenvalue weighted by molar-refractivity contribution is 5.83. The van der Waals surface area contributed by atoms with Crippen molar-refractivity contribution in [3.63, 3.8) is 0 Å². The fourth-order valence-corrected chi connectivity index (χ4v) is 2.21. The second kappa shape index (κ2) is 5.05. The normalized spacial score (nSPS) is 16.5. The summed E-state index contributed by atoms with van der Waals surface area (Å²) >= 11 is 0. The Morgan fingerprint density at radius 2 is 2.26 bits per heavy atom. The van der Waals surface area contributed by atoms with E-state index in [2.05, 4.69) is 33.8 Å². The fraction of sp³-hybridized carbons (Fsp3) is 0.400. The Kier molecular flexibility index (Phi) is 3.25. The van der Waals surface area contributed by atoms with Crippen LogP contribution in [-0.2, 0) is 11.3 Å². The van der Waals surface area contributed by atoms with Gasteiger partial charge in [0.25, 0.3) is 0 Å². The van der Waals surface area contributed by atoms with E-state index in [-0.39, 0.29) is 11.9 Å². The van der Waals surface area contributed by atoms with Crippen LogP contribution in [0.15, 0.2) is 30.5 Å². The largest absolute Gasteiger partial charge is 0.361 e. The number of benzene rings is 1. The molecule has 1 atom stereocenters. The van der Waals surface area contributed by atoms with Crippen molar-refractivity contribution in [2.75, 3.05) is 0 Å². The van der Waals surface area contributed by atoms with Gasteiger partial charge in [0.2, 0.25) is 5.91 Å². The maximum atomic E-state index is 11.8. The van der Waals surface area contributed by atoms with Crippen molar-refractivity contribution in [2.24, 2.45) is 0 Å². The number of nitrogens with one attached hydrogen (secondary N) is 3. The molecule has 1 heterocycles. The molecule has 19 heavy (non-hydrogen) atoms. The van der Waals surface area contributed by atoms with E-state index >= 15 is 0 Å². The first-order valence-electron chi connectivity index (χ1n) is 6.83. The number of amides is 1. The van der Waals surface area contributed by atoms with Gasteiger partial charge in [0.1, 0.15) is 0 Å². The lowest BCUT2D eigenvalue weighted by Gasteiger charge is -2.14. The number of aromatic nitrogens is 1. The molecule has 1 aliphatic rings. The summed E-state index contributed by atoms with van der Waals surface area (Å²) < 4.78 is 0. The molecule has 0 bridgehead atoms. The molecule has 4 nitrogen and oxygen atoms in total. The first-order chi connectivity index (χ1) is 9.24. The molecule has 1 aromatic carbocycles. The van der Waals surface area contributed by atoms with Crippen molar-refractivity contribution in [1.29, 1.82) is 0 Å². The Balaban J connectivity index is 1.61. The van der Waals surface area contributed by atoms with Gasteiger partial charge in [0.15, 0.2) is 0 Å². The monoisotopic (exact) mass is 257 g/mol. The van der Waals surface area contributed by atoms with Gasteiger partial charge in [-0.05, 0) is 36.8 Å². The zero-order chi connectivity index (χ0) is 13.2. The fourth-order valence-electron chi connectivity index (χ4n) is 2.21. The van der Waals surface area contributed by atoms with E-state index in [4.69, 9.17) is 0 Å². The smallest absolute Gasteiger partial charge is 0.237 e. The average molecular weight is 257 g/mol. The van der Waals surface area contributed by atoms with Gasteiger partial charge in [0, 0.05) is 24.3 Å². The lowest BCUT2D eigenvalue weighted by molar-refractivity contribution is -0.122. The zero-order valence-corrected chi connectivity index (χ0v) is 11.1. The van der Waals surface area contributed by atoms with E-state index in [0.29, 0.717) is 12.6 Å². The molecule has 1 aromatic heterocycles. The summed E-state index contributed by atoms with van der Waals surface area (Å²) in [7, 11) is 0. The molecular weight excluding hydrogens is 238 g/mol. The third-order valence-electron chi connectivity index (χ3n) is 3.59. The second-order valence-electron chi connectivity index (χ2n) is 5.24. The second-order valence-corrected chi connectivity index (χ2v) is 5.24. The summed E-state index contributed by atoms with van der Waals surface area (Å²) in [4.78, 5) is 15.1. The SMILES string of the molecule is CC(NCc1cccc2cc[nH]c12)C(=O)NC1CC1. The molecular formula is C15H19N3O. The molecule has 3 rings (SSSR count). The Hall–Kier alpha value is -1.81. The van der Waals surface area contributed by atoms with Gasteiger partial charge in [-0.15, -0.1) is 0 Å². The molecule has 100 valence electrons. The maximum Gasteiger partial charge on any atom is 0.237 e. The van der Waals surface area contributed by atoms with Crippen LogP contribution in [0.1, 0.15) is 25.3 Å². The number of hydrogen-bond donors (Lipinski definition) is 3. The number of carbonyl (C=O) groups excluding carboxylic acids is 1. The molecule has 1 unspecified atom stereocenters. The number of H-pyrrole nitrogens is 1. The quantitative estimate of drug-likeness (QED) is 0.766. The van der Waals surface area contributed by atoms with Crippen LogP contribution in [0, 0.1) is 0 Å². The van der Waals surface area contributed by atoms with Crippen LogP contribution >= 0.6 is 0 Å². The van der Waals surface area contributed by atoms with Gasteiger partial charge < -0.3 is 15.6 Å². The van der Waals surface area contributed by atoms with Crippen molar-refractivity contribution < 1.29 is 4.79 Å². The van der Waals surface area contributed by atoms with E-state index in [1.165, 1.54) is 10.9 Å². The van der Waals surface area contributed by atoms with Crippen LogP contribution < -0.4 is 10.6 Å². The Morgan fingerprint density at radius 1 is 1.42 bits per heavy atom. The van der Waals surface area contributed by atoms with Gasteiger partial charge >= 0.3 is 0 Å². The van der Waals surface area contributed by atoms with E-state index in [1.54, 1.807) is 0 Å². The minimum atomic E-state index is -0.161. The molecule has 0 saturated heterocycles. The van der Waals surface area contributed by atoms with Crippen LogP contribution in [0.4, 0.5) is 0 Å². The van der Waals surface area contributed by atoms with Crippen molar-refractivity contribution in [3.8, 4) is 0 Å². The average Bonchev–Trinajstić information content (AvgIpc) is 3.09. The summed E-state index contributed by atoms with van der Waals surface area (Å²) in [5.41, 5.74) is 2.33. The minimum Gasteiger partial charge on any atom is -0.361 e. The number of para-hydroxylation sites is 1. The van der Waals surface area contributed by atoms with Gasteiger partial charge in [-0.1, -0.05) is 18.2 Å². The van der Waals surface area contributed by atoms with E-state index < -0.39 is 0 Å². The number of hydrogen-bond acceptors (Lipinski definition) is 2. The molecule has 0 spiro atoms. The molecule has 1 saturated carbocycles. The predicted molar refractivity (Wildman–Crippen MR) is 75.8 cm³/mol. The number of fused-ring (bicyclic) bond motifs is 1. The summed E-state index contributed by atoms with van der Waals surface area (Å²) in [5.74, 6) is 0.0983. The third kappa shape index (κ3) is 2.79. The van der Waals surface area contributed by atoms with Crippen molar-refractivity contribution in [2.45, 2.75) is 38.4 Å². The van der Waals surface area contributed by atoms with E-state index in [1.807, 2.05) is 19.2 Å². The summed E-state index contributed by atoms with van der Waals surface area (Å²) in [6.45, 7) is 2.60. The zero-order valence-electron chi connectivity index (χ0n) is 11.1. The van der Waals surface area contributed by atoms with Crippen molar-refractivity contribution in [3.05, 3.63) is 36.0 Å². The van der Waals surface area contributed by atoms with E-state index in [0.717, 1.165) is 18.4 Å². The lowest BCUT2D eigenvalue weighted by Crippen LogP contribution is -2.42. The van der Waals surface area contributed by atoms with Crippen LogP contribution in [0.25, 0.3) is 10.9 Å². The molecule has 3 N–H and O–H groups in total. The topological polar surface area (TPSA) is 56.9 Å². The summed E-state index contributed by atoms with van der Waals surface area (Å²) in [5, 5.41) is 7.50. The van der Waals surface area contributed by atoms with Crippen LogP contribution in [0.5, 0.6) is 0 Å². The summed E-state index contributed by atoms with van der Waals surface area (Å²) in [6.07, 6.45) is 4.19. The molecule has 1 amide bonds. The first-order valence-corrected chi connectivity index (χ1v) is 6.83. The predicted octanol–water partition coefficient (Wildman–Crippen LogP) is 1.92. The van der Waals surface area contributed by atoms with Gasteiger partial charge in [-0.2, -0.15) is 0 Å². The van der Waals surface area contributed by atoms with Gasteiger partial charge in [0.05, 0.1) is 6.04 Å². The first kappa shape index (κ1) is 12.2. The van der Waals surface area contributed by atoms with Gasteiger partial charge in [-0.3, -0.25) is 4.79 Å². The molecule has 1 fully saturated rings. The molecule has 4 heteroatoms. The Morgan fingerprint density at radius 3 is 3.05 bits per heavy atom. The van der Waals surface area contributed by atoms with E-state index in [9.17, 15) is 4.79 Å². The maximum absolute atomic E-state index is 11.8. The Labute approximate surface area is 112 Å².